The molecule has 0 bridgehead atoms. The molecular formula is C6H14N2O3S. The molecular weight excluding hydrogens is 180 g/mol. The predicted octanol–water partition coefficient (Wildman–Crippen LogP) is -0.795. The van der Waals surface area contributed by atoms with Crippen LogP contribution in [0.2, 0.25) is 0 Å². The van der Waals surface area contributed by atoms with Gasteiger partial charge in [0.15, 0.2) is 0 Å². The summed E-state index contributed by atoms with van der Waals surface area (Å²) in [6.45, 7) is 3.01. The van der Waals surface area contributed by atoms with E-state index >= 15 is 0 Å². The first-order chi connectivity index (χ1) is 5.49. The zero-order valence-corrected chi connectivity index (χ0v) is 7.80. The molecule has 0 aromatic rings. The first-order valence-electron chi connectivity index (χ1n) is 3.88. The van der Waals surface area contributed by atoms with Crippen LogP contribution in [0.25, 0.3) is 0 Å². The predicted molar refractivity (Wildman–Crippen MR) is 44.6 cm³/mol. The van der Waals surface area contributed by atoms with E-state index in [2.05, 4.69) is 4.72 Å². The highest BCUT2D eigenvalue weighted by molar-refractivity contribution is 7.87. The Morgan fingerprint density at radius 3 is 2.75 bits per heavy atom. The van der Waals surface area contributed by atoms with E-state index in [-0.39, 0.29) is 12.0 Å². The molecule has 5 nitrogen and oxygen atoms in total. The third-order valence-electron chi connectivity index (χ3n) is 2.08. The molecule has 3 N–H and O–H groups in total. The topological polar surface area (TPSA) is 81.4 Å². The maximum absolute atomic E-state index is 10.5. The van der Waals surface area contributed by atoms with Gasteiger partial charge in [-0.05, 0) is 13.3 Å². The van der Waals surface area contributed by atoms with Crippen LogP contribution in [0.5, 0.6) is 0 Å². The monoisotopic (exact) mass is 194 g/mol. The molecule has 0 aromatic carbocycles. The Kier molecular flexibility index (Phi) is 3.05. The van der Waals surface area contributed by atoms with Gasteiger partial charge < -0.3 is 4.74 Å². The minimum absolute atomic E-state index is 0.124. The van der Waals surface area contributed by atoms with Crippen LogP contribution in [0, 0.1) is 5.92 Å². The minimum Gasteiger partial charge on any atom is -0.378 e. The highest BCUT2D eigenvalue weighted by atomic mass is 32.2. The smallest absolute Gasteiger partial charge is 0.274 e. The average molecular weight is 194 g/mol. The molecule has 2 atom stereocenters. The van der Waals surface area contributed by atoms with Crippen LogP contribution in [0.3, 0.4) is 0 Å². The van der Waals surface area contributed by atoms with E-state index in [0.717, 1.165) is 6.42 Å². The van der Waals surface area contributed by atoms with Gasteiger partial charge in [-0.2, -0.15) is 8.42 Å². The number of hydrogen-bond acceptors (Lipinski definition) is 3. The number of ether oxygens (including phenoxy) is 1. The molecule has 0 saturated carbocycles. The highest BCUT2D eigenvalue weighted by Crippen LogP contribution is 2.19. The van der Waals surface area contributed by atoms with Crippen molar-refractivity contribution in [3.63, 3.8) is 0 Å². The van der Waals surface area contributed by atoms with Crippen LogP contribution in [0.1, 0.15) is 13.3 Å². The zero-order valence-electron chi connectivity index (χ0n) is 6.99. The largest absolute Gasteiger partial charge is 0.378 e. The van der Waals surface area contributed by atoms with E-state index in [1.165, 1.54) is 0 Å². The molecule has 1 saturated heterocycles. The summed E-state index contributed by atoms with van der Waals surface area (Å²) in [6, 6.07) is 0. The van der Waals surface area contributed by atoms with Gasteiger partial charge in [0.25, 0.3) is 10.2 Å². The molecule has 72 valence electrons. The van der Waals surface area contributed by atoms with Crippen LogP contribution in [-0.4, -0.2) is 27.7 Å². The summed E-state index contributed by atoms with van der Waals surface area (Å²) < 4.78 is 28.6. The summed E-state index contributed by atoms with van der Waals surface area (Å²) in [7, 11) is -3.54. The van der Waals surface area contributed by atoms with Gasteiger partial charge in [0.05, 0.1) is 6.10 Å². The average Bonchev–Trinajstić information content (AvgIpc) is 2.29. The fourth-order valence-corrected chi connectivity index (χ4v) is 1.71. The molecule has 1 heterocycles. The molecule has 1 rings (SSSR count). The Morgan fingerprint density at radius 2 is 2.33 bits per heavy atom. The first kappa shape index (κ1) is 9.91. The van der Waals surface area contributed by atoms with Crippen LogP contribution >= 0.6 is 0 Å². The summed E-state index contributed by atoms with van der Waals surface area (Å²) in [5, 5.41) is 4.78. The van der Waals surface area contributed by atoms with Crippen LogP contribution in [0.15, 0.2) is 0 Å². The van der Waals surface area contributed by atoms with E-state index in [0.29, 0.717) is 13.2 Å². The molecule has 0 spiro atoms. The fourth-order valence-electron chi connectivity index (χ4n) is 1.27. The summed E-state index contributed by atoms with van der Waals surface area (Å²) >= 11 is 0. The lowest BCUT2D eigenvalue weighted by molar-refractivity contribution is 0.107. The van der Waals surface area contributed by atoms with Gasteiger partial charge in [-0.25, -0.2) is 9.86 Å². The van der Waals surface area contributed by atoms with Crippen molar-refractivity contribution in [3.05, 3.63) is 0 Å². The van der Waals surface area contributed by atoms with Gasteiger partial charge >= 0.3 is 0 Å². The fraction of sp³-hybridized carbons (Fsp3) is 1.00. The van der Waals surface area contributed by atoms with Crippen molar-refractivity contribution in [1.82, 2.24) is 4.72 Å². The maximum Gasteiger partial charge on any atom is 0.274 e. The summed E-state index contributed by atoms with van der Waals surface area (Å²) in [5.41, 5.74) is 0. The Hall–Kier alpha value is -0.170. The van der Waals surface area contributed by atoms with Crippen LogP contribution < -0.4 is 9.86 Å². The number of nitrogens with one attached hydrogen (secondary N) is 1. The van der Waals surface area contributed by atoms with E-state index in [1.807, 2.05) is 6.92 Å². The molecule has 2 unspecified atom stereocenters. The Morgan fingerprint density at radius 1 is 1.67 bits per heavy atom. The van der Waals surface area contributed by atoms with Crippen molar-refractivity contribution in [2.75, 3.05) is 13.2 Å². The van der Waals surface area contributed by atoms with Gasteiger partial charge in [0, 0.05) is 19.1 Å². The van der Waals surface area contributed by atoms with Crippen molar-refractivity contribution in [3.8, 4) is 0 Å². The molecule has 1 aliphatic heterocycles. The van der Waals surface area contributed by atoms with Crippen molar-refractivity contribution in [1.29, 1.82) is 0 Å². The lowest BCUT2D eigenvalue weighted by Crippen LogP contribution is -2.36. The molecule has 1 fully saturated rings. The number of nitrogens with two attached hydrogens (primary N) is 1. The Bertz CT molecular complexity index is 239. The second-order valence-electron chi connectivity index (χ2n) is 3.02. The quantitative estimate of drug-likeness (QED) is 0.617. The molecule has 6 heteroatoms. The second kappa shape index (κ2) is 3.69. The molecule has 0 aromatic heterocycles. The third-order valence-corrected chi connectivity index (χ3v) is 2.65. The van der Waals surface area contributed by atoms with Gasteiger partial charge in [-0.3, -0.25) is 0 Å². The molecule has 12 heavy (non-hydrogen) atoms. The maximum atomic E-state index is 10.5. The highest BCUT2D eigenvalue weighted by Gasteiger charge is 2.24. The van der Waals surface area contributed by atoms with E-state index in [9.17, 15) is 8.42 Å². The van der Waals surface area contributed by atoms with Crippen molar-refractivity contribution < 1.29 is 13.2 Å². The van der Waals surface area contributed by atoms with Crippen LogP contribution in [0.4, 0.5) is 0 Å². The number of rotatable bonds is 3. The second-order valence-corrected chi connectivity index (χ2v) is 4.40. The standard InChI is InChI=1S/C6H14N2O3S/c1-5-6(2-3-11-5)4-8-12(7,9)10/h5-6,8H,2-4H2,1H3,(H2,7,9,10). The first-order valence-corrected chi connectivity index (χ1v) is 5.42. The van der Waals surface area contributed by atoms with Gasteiger partial charge in [-0.1, -0.05) is 0 Å². The molecule has 1 aliphatic rings. The Balaban J connectivity index is 2.32. The van der Waals surface area contributed by atoms with E-state index in [1.54, 1.807) is 0 Å². The SMILES string of the molecule is CC1OCCC1CNS(N)(=O)=O. The molecule has 0 radical (unpaired) electrons. The minimum atomic E-state index is -3.54. The van der Waals surface area contributed by atoms with Gasteiger partial charge in [0.1, 0.15) is 0 Å². The van der Waals surface area contributed by atoms with Gasteiger partial charge in [-0.15, -0.1) is 0 Å². The van der Waals surface area contributed by atoms with Crippen molar-refractivity contribution >= 4 is 10.2 Å². The molecule has 0 amide bonds. The normalized spacial score (nSPS) is 30.8. The van der Waals surface area contributed by atoms with Gasteiger partial charge in [0.2, 0.25) is 0 Å². The summed E-state index contributed by atoms with van der Waals surface area (Å²) in [4.78, 5) is 0. The number of hydrogen-bond donors (Lipinski definition) is 2. The summed E-state index contributed by atoms with van der Waals surface area (Å²) in [6.07, 6.45) is 1.02. The van der Waals surface area contributed by atoms with Crippen molar-refractivity contribution in [2.24, 2.45) is 11.1 Å². The lowest BCUT2D eigenvalue weighted by Gasteiger charge is -2.12. The van der Waals surface area contributed by atoms with E-state index < -0.39 is 10.2 Å². The third kappa shape index (κ3) is 3.06. The zero-order chi connectivity index (χ0) is 9.19. The molecule has 0 aliphatic carbocycles. The summed E-state index contributed by atoms with van der Waals surface area (Å²) in [5.74, 6) is 0.253. The van der Waals surface area contributed by atoms with Crippen LogP contribution in [-0.2, 0) is 14.9 Å². The van der Waals surface area contributed by atoms with E-state index in [4.69, 9.17) is 9.88 Å². The van der Waals surface area contributed by atoms with Crippen molar-refractivity contribution in [2.45, 2.75) is 19.4 Å². The Labute approximate surface area is 72.5 Å². The lowest BCUT2D eigenvalue weighted by atomic mass is 10.0.